The van der Waals surface area contributed by atoms with Gasteiger partial charge in [0.05, 0.1) is 19.8 Å². The van der Waals surface area contributed by atoms with Gasteiger partial charge < -0.3 is 25.4 Å². The monoisotopic (exact) mass is 554 g/mol. The highest BCUT2D eigenvalue weighted by atomic mass is 31.2. The minimum atomic E-state index is -4.25. The molecule has 0 aromatic carbocycles. The lowest BCUT2D eigenvalue weighted by atomic mass is 10.0. The second-order valence-electron chi connectivity index (χ2n) is 9.29. The normalized spacial score (nSPS) is 13.6. The number of nitrogens with zero attached hydrogens (tertiary/aromatic N) is 1. The summed E-state index contributed by atoms with van der Waals surface area (Å²) < 4.78 is 25.9. The molecule has 0 saturated heterocycles. The fraction of sp³-hybridized carbons (Fsp3) is 0.963. The lowest BCUT2D eigenvalue weighted by Crippen LogP contribution is -2.27. The van der Waals surface area contributed by atoms with Crippen molar-refractivity contribution in [3.05, 3.63) is 0 Å². The first kappa shape index (κ1) is 38.6. The summed E-state index contributed by atoms with van der Waals surface area (Å²) >= 11 is 0. The Morgan fingerprint density at radius 3 is 1.65 bits per heavy atom. The van der Waals surface area contributed by atoms with Gasteiger partial charge in [-0.1, -0.05) is 105 Å². The minimum absolute atomic E-state index is 0.0749. The van der Waals surface area contributed by atoms with Gasteiger partial charge in [0.15, 0.2) is 0 Å². The number of aliphatic hydroxyl groups is 1. The average Bonchev–Trinajstić information content (AvgIpc) is 2.89. The van der Waals surface area contributed by atoms with Crippen LogP contribution in [0.15, 0.2) is 0 Å². The fourth-order valence-corrected chi connectivity index (χ4v) is 4.47. The zero-order chi connectivity index (χ0) is 28.2. The van der Waals surface area contributed by atoms with E-state index >= 15 is 0 Å². The van der Waals surface area contributed by atoms with Crippen molar-refractivity contribution in [3.63, 3.8) is 0 Å². The number of nitrogens with two attached hydrogens (primary N) is 1. The van der Waals surface area contributed by atoms with Crippen LogP contribution in [0.25, 0.3) is 0 Å². The third-order valence-corrected chi connectivity index (χ3v) is 7.11. The maximum absolute atomic E-state index is 11.8. The number of carbonyl (C=O) groups is 1. The van der Waals surface area contributed by atoms with Gasteiger partial charge in [-0.25, -0.2) is 4.57 Å². The molecule has 0 radical (unpaired) electrons. The number of hydrogen-bond acceptors (Lipinski definition) is 8. The summed E-state index contributed by atoms with van der Waals surface area (Å²) in [6.07, 6.45) is 15.2. The van der Waals surface area contributed by atoms with Crippen LogP contribution in [0.5, 0.6) is 0 Å². The Bertz CT molecular complexity index is 531. The highest BCUT2D eigenvalue weighted by Gasteiger charge is 2.24. The smallest absolute Gasteiger partial charge is 0.457 e. The van der Waals surface area contributed by atoms with Gasteiger partial charge in [0.1, 0.15) is 6.10 Å². The summed E-state index contributed by atoms with van der Waals surface area (Å²) in [5, 5.41) is 9.24. The van der Waals surface area contributed by atoms with Crippen molar-refractivity contribution in [3.8, 4) is 0 Å². The molecule has 0 aliphatic carbocycles. The molecule has 0 aromatic heterocycles. The molecule has 0 bridgehead atoms. The van der Waals surface area contributed by atoms with Crippen LogP contribution in [0.1, 0.15) is 118 Å². The number of carbonyl (C=O) groups excluding carboxylic acids is 1. The number of phosphoric ester groups is 1. The molecule has 0 fully saturated rings. The Balaban J connectivity index is 0. The van der Waals surface area contributed by atoms with Gasteiger partial charge in [0.25, 0.3) is 0 Å². The van der Waals surface area contributed by atoms with Crippen molar-refractivity contribution < 1.29 is 33.1 Å². The Hall–Kier alpha value is -0.540. The number of esters is 1. The van der Waals surface area contributed by atoms with Crippen LogP contribution >= 0.6 is 7.82 Å². The van der Waals surface area contributed by atoms with E-state index in [2.05, 4.69) is 37.1 Å². The highest BCUT2D eigenvalue weighted by Crippen LogP contribution is 2.42. The number of ether oxygens (including phenoxy) is 1. The van der Waals surface area contributed by atoms with Gasteiger partial charge in [0.2, 0.25) is 0 Å². The number of aliphatic hydroxyl groups excluding tert-OH is 1. The molecule has 2 atom stereocenters. The lowest BCUT2D eigenvalue weighted by molar-refractivity contribution is -0.153. The SMILES string of the molecule is CCCCCCCCCCCCCCCC(=O)O[C@H](CO)COP(=O)(O)OCCN.CCN(CC)CC. The summed E-state index contributed by atoms with van der Waals surface area (Å²) in [5.74, 6) is -0.448. The predicted molar refractivity (Wildman–Crippen MR) is 152 cm³/mol. The molecule has 4 N–H and O–H groups in total. The van der Waals surface area contributed by atoms with Gasteiger partial charge >= 0.3 is 13.8 Å². The van der Waals surface area contributed by atoms with Crippen molar-refractivity contribution >= 4 is 13.8 Å². The lowest BCUT2D eigenvalue weighted by Gasteiger charge is -2.17. The van der Waals surface area contributed by atoms with Gasteiger partial charge in [-0.05, 0) is 26.1 Å². The predicted octanol–water partition coefficient (Wildman–Crippen LogP) is 5.81. The molecule has 0 amide bonds. The van der Waals surface area contributed by atoms with Crippen LogP contribution in [0.4, 0.5) is 0 Å². The van der Waals surface area contributed by atoms with E-state index in [0.29, 0.717) is 0 Å². The van der Waals surface area contributed by atoms with E-state index in [1.807, 2.05) is 0 Å². The molecular weight excluding hydrogens is 495 g/mol. The molecule has 0 aromatic rings. The Kier molecular flexibility index (Phi) is 29.7. The molecule has 0 aliphatic rings. The maximum atomic E-state index is 11.8. The Morgan fingerprint density at radius 2 is 1.27 bits per heavy atom. The van der Waals surface area contributed by atoms with Crippen molar-refractivity contribution in [1.29, 1.82) is 0 Å². The van der Waals surface area contributed by atoms with E-state index in [1.165, 1.54) is 83.8 Å². The molecular formula is C27H59N2O7P. The van der Waals surface area contributed by atoms with Crippen molar-refractivity contribution in [2.45, 2.75) is 124 Å². The van der Waals surface area contributed by atoms with Gasteiger partial charge in [-0.15, -0.1) is 0 Å². The molecule has 10 heteroatoms. The molecule has 37 heavy (non-hydrogen) atoms. The number of phosphoric acid groups is 1. The van der Waals surface area contributed by atoms with Crippen LogP contribution in [-0.2, 0) is 23.1 Å². The molecule has 1 unspecified atom stereocenters. The third-order valence-electron chi connectivity index (χ3n) is 6.12. The topological polar surface area (TPSA) is 132 Å². The van der Waals surface area contributed by atoms with Crippen molar-refractivity contribution in [1.82, 2.24) is 4.90 Å². The minimum Gasteiger partial charge on any atom is -0.457 e. The van der Waals surface area contributed by atoms with E-state index < -0.39 is 33.1 Å². The fourth-order valence-electron chi connectivity index (χ4n) is 3.71. The van der Waals surface area contributed by atoms with Crippen molar-refractivity contribution in [2.24, 2.45) is 5.73 Å². The second kappa shape index (κ2) is 28.5. The van der Waals surface area contributed by atoms with E-state index in [9.17, 15) is 19.4 Å². The average molecular weight is 555 g/mol. The molecule has 224 valence electrons. The molecule has 0 spiro atoms. The van der Waals surface area contributed by atoms with Crippen molar-refractivity contribution in [2.75, 3.05) is 46.0 Å². The molecule has 0 rings (SSSR count). The molecule has 9 nitrogen and oxygen atoms in total. The standard InChI is InChI=1S/C21H44NO7P.C6H15N/c1-2-3-4-5-6-7-8-9-10-11-12-13-14-15-21(24)29-20(18-23)19-28-30(25,26)27-17-16-22;1-4-7(5-2)6-3/h20,23H,2-19,22H2,1H3,(H,25,26);4-6H2,1-3H3/t20-;/m1./s1. The quantitative estimate of drug-likeness (QED) is 0.0726. The third kappa shape index (κ3) is 28.3. The van der Waals surface area contributed by atoms with Gasteiger partial charge in [-0.3, -0.25) is 13.8 Å². The van der Waals surface area contributed by atoms with E-state index in [-0.39, 0.29) is 19.6 Å². The summed E-state index contributed by atoms with van der Waals surface area (Å²) in [6.45, 7) is 11.4. The van der Waals surface area contributed by atoms with E-state index in [4.69, 9.17) is 15.0 Å². The van der Waals surface area contributed by atoms with Crippen LogP contribution in [-0.4, -0.2) is 73.0 Å². The van der Waals surface area contributed by atoms with E-state index in [0.717, 1.165) is 19.3 Å². The van der Waals surface area contributed by atoms with Crippen LogP contribution in [0.3, 0.4) is 0 Å². The first-order valence-corrected chi connectivity index (χ1v) is 16.1. The maximum Gasteiger partial charge on any atom is 0.472 e. The highest BCUT2D eigenvalue weighted by molar-refractivity contribution is 7.47. The van der Waals surface area contributed by atoms with Crippen LogP contribution < -0.4 is 5.73 Å². The largest absolute Gasteiger partial charge is 0.472 e. The number of unbranched alkanes of at least 4 members (excludes halogenated alkanes) is 12. The molecule has 0 heterocycles. The van der Waals surface area contributed by atoms with Crippen LogP contribution in [0.2, 0.25) is 0 Å². The summed E-state index contributed by atoms with van der Waals surface area (Å²) in [7, 11) is -4.25. The second-order valence-corrected chi connectivity index (χ2v) is 10.7. The van der Waals surface area contributed by atoms with E-state index in [1.54, 1.807) is 0 Å². The zero-order valence-corrected chi connectivity index (χ0v) is 25.2. The summed E-state index contributed by atoms with van der Waals surface area (Å²) in [5.41, 5.74) is 5.18. The number of rotatable bonds is 25. The first-order chi connectivity index (χ1) is 17.8. The summed E-state index contributed by atoms with van der Waals surface area (Å²) in [4.78, 5) is 23.6. The van der Waals surface area contributed by atoms with Gasteiger partial charge in [0, 0.05) is 13.0 Å². The van der Waals surface area contributed by atoms with Gasteiger partial charge in [-0.2, -0.15) is 0 Å². The Morgan fingerprint density at radius 1 is 0.811 bits per heavy atom. The number of hydrogen-bond donors (Lipinski definition) is 3. The zero-order valence-electron chi connectivity index (χ0n) is 24.3. The first-order valence-electron chi connectivity index (χ1n) is 14.6. The molecule has 0 saturated carbocycles. The molecule has 0 aliphatic heterocycles. The summed E-state index contributed by atoms with van der Waals surface area (Å²) in [6, 6.07) is 0. The van der Waals surface area contributed by atoms with Crippen LogP contribution in [0, 0.1) is 0 Å². The Labute approximate surface area is 227 Å².